The van der Waals surface area contributed by atoms with Crippen molar-refractivity contribution in [3.63, 3.8) is 0 Å². The number of benzene rings is 2. The van der Waals surface area contributed by atoms with E-state index in [1.165, 1.54) is 11.1 Å². The predicted octanol–water partition coefficient (Wildman–Crippen LogP) is 4.01. The summed E-state index contributed by atoms with van der Waals surface area (Å²) in [6, 6.07) is 21.6. The van der Waals surface area contributed by atoms with Crippen molar-refractivity contribution < 1.29 is 9.59 Å². The summed E-state index contributed by atoms with van der Waals surface area (Å²) in [6.07, 6.45) is 5.17. The molecule has 2 aliphatic rings. The first kappa shape index (κ1) is 22.1. The van der Waals surface area contributed by atoms with E-state index in [9.17, 15) is 9.59 Å². The standard InChI is InChI=1S/C28H30N4O2/c33-26-12-6-7-16-32(26)27(23-9-2-1-3-10-23)28(34)30-19-21-13-14-25(29-18-21)31-17-15-22-8-4-5-11-24(22)20-31/h1-5,8-11,13-14,18,27H,6-7,12,15-17,19-20H2,(H,30,34). The van der Waals surface area contributed by atoms with Crippen molar-refractivity contribution >= 4 is 17.6 Å². The molecule has 5 rings (SSSR count). The lowest BCUT2D eigenvalue weighted by Crippen LogP contribution is -2.45. The van der Waals surface area contributed by atoms with Crippen LogP contribution in [0, 0.1) is 0 Å². The molecule has 1 N–H and O–H groups in total. The van der Waals surface area contributed by atoms with Gasteiger partial charge in [-0.1, -0.05) is 60.7 Å². The van der Waals surface area contributed by atoms with Gasteiger partial charge in [0.05, 0.1) is 0 Å². The van der Waals surface area contributed by atoms with E-state index in [-0.39, 0.29) is 11.8 Å². The summed E-state index contributed by atoms with van der Waals surface area (Å²) in [6.45, 7) is 2.80. The largest absolute Gasteiger partial charge is 0.352 e. The lowest BCUT2D eigenvalue weighted by molar-refractivity contribution is -0.142. The second-order valence-electron chi connectivity index (χ2n) is 9.04. The summed E-state index contributed by atoms with van der Waals surface area (Å²) in [5, 5.41) is 3.04. The molecule has 0 spiro atoms. The first-order valence-corrected chi connectivity index (χ1v) is 12.1. The molecule has 2 aromatic carbocycles. The Labute approximate surface area is 200 Å². The molecule has 6 nitrogen and oxygen atoms in total. The van der Waals surface area contributed by atoms with Crippen LogP contribution in [-0.4, -0.2) is 34.8 Å². The van der Waals surface area contributed by atoms with Crippen molar-refractivity contribution in [2.24, 2.45) is 0 Å². The van der Waals surface area contributed by atoms with E-state index in [0.717, 1.165) is 49.3 Å². The zero-order chi connectivity index (χ0) is 23.3. The summed E-state index contributed by atoms with van der Waals surface area (Å²) >= 11 is 0. The van der Waals surface area contributed by atoms with Crippen LogP contribution in [0.2, 0.25) is 0 Å². The first-order chi connectivity index (χ1) is 16.7. The highest BCUT2D eigenvalue weighted by Crippen LogP contribution is 2.26. The number of piperidine rings is 1. The van der Waals surface area contributed by atoms with Gasteiger partial charge in [-0.15, -0.1) is 0 Å². The number of carbonyl (C=O) groups excluding carboxylic acids is 2. The lowest BCUT2D eigenvalue weighted by Gasteiger charge is -2.34. The maximum atomic E-state index is 13.3. The Morgan fingerprint density at radius 1 is 0.912 bits per heavy atom. The highest BCUT2D eigenvalue weighted by molar-refractivity contribution is 5.89. The summed E-state index contributed by atoms with van der Waals surface area (Å²) in [5.74, 6) is 0.841. The topological polar surface area (TPSA) is 65.5 Å². The van der Waals surface area contributed by atoms with E-state index >= 15 is 0 Å². The summed E-state index contributed by atoms with van der Waals surface area (Å²) < 4.78 is 0. The molecule has 3 aromatic rings. The van der Waals surface area contributed by atoms with Crippen molar-refractivity contribution in [2.45, 2.75) is 44.8 Å². The fraction of sp³-hybridized carbons (Fsp3) is 0.321. The van der Waals surface area contributed by atoms with Crippen LogP contribution >= 0.6 is 0 Å². The minimum absolute atomic E-state index is 0.0457. The molecular weight excluding hydrogens is 424 g/mol. The van der Waals surface area contributed by atoms with Crippen molar-refractivity contribution in [1.82, 2.24) is 15.2 Å². The van der Waals surface area contributed by atoms with Crippen molar-refractivity contribution in [3.8, 4) is 0 Å². The molecule has 0 saturated carbocycles. The van der Waals surface area contributed by atoms with Crippen LogP contribution in [0.4, 0.5) is 5.82 Å². The predicted molar refractivity (Wildman–Crippen MR) is 132 cm³/mol. The average molecular weight is 455 g/mol. The molecule has 1 saturated heterocycles. The first-order valence-electron chi connectivity index (χ1n) is 12.1. The van der Waals surface area contributed by atoms with Crippen molar-refractivity contribution in [1.29, 1.82) is 0 Å². The van der Waals surface area contributed by atoms with Crippen LogP contribution in [0.15, 0.2) is 72.9 Å². The summed E-state index contributed by atoms with van der Waals surface area (Å²) in [4.78, 5) is 34.5. The number of nitrogens with one attached hydrogen (secondary N) is 1. The number of hydrogen-bond acceptors (Lipinski definition) is 4. The maximum Gasteiger partial charge on any atom is 0.247 e. The number of nitrogens with zero attached hydrogens (tertiary/aromatic N) is 3. The van der Waals surface area contributed by atoms with Gasteiger partial charge in [-0.05, 0) is 47.6 Å². The van der Waals surface area contributed by atoms with Gasteiger partial charge in [-0.2, -0.15) is 0 Å². The number of likely N-dealkylation sites (tertiary alicyclic amines) is 1. The Morgan fingerprint density at radius 3 is 2.47 bits per heavy atom. The number of amides is 2. The highest BCUT2D eigenvalue weighted by Gasteiger charge is 2.32. The molecule has 3 heterocycles. The van der Waals surface area contributed by atoms with E-state index in [4.69, 9.17) is 0 Å². The molecular formula is C28H30N4O2. The van der Waals surface area contributed by atoms with Crippen LogP contribution in [0.25, 0.3) is 0 Å². The van der Waals surface area contributed by atoms with Gasteiger partial charge >= 0.3 is 0 Å². The van der Waals surface area contributed by atoms with Gasteiger partial charge in [0, 0.05) is 38.8 Å². The van der Waals surface area contributed by atoms with Crippen molar-refractivity contribution in [2.75, 3.05) is 18.0 Å². The second-order valence-corrected chi connectivity index (χ2v) is 9.04. The number of aromatic nitrogens is 1. The average Bonchev–Trinajstić information content (AvgIpc) is 2.89. The monoisotopic (exact) mass is 454 g/mol. The van der Waals surface area contributed by atoms with E-state index < -0.39 is 6.04 Å². The van der Waals surface area contributed by atoms with Crippen LogP contribution in [0.5, 0.6) is 0 Å². The zero-order valence-electron chi connectivity index (χ0n) is 19.3. The van der Waals surface area contributed by atoms with Gasteiger partial charge in [0.15, 0.2) is 0 Å². The molecule has 6 heteroatoms. The molecule has 2 aliphatic heterocycles. The number of fused-ring (bicyclic) bond motifs is 1. The van der Waals surface area contributed by atoms with E-state index in [0.29, 0.717) is 19.5 Å². The van der Waals surface area contributed by atoms with Gasteiger partial charge in [0.25, 0.3) is 0 Å². The fourth-order valence-electron chi connectivity index (χ4n) is 4.89. The fourth-order valence-corrected chi connectivity index (χ4v) is 4.89. The second kappa shape index (κ2) is 10.1. The lowest BCUT2D eigenvalue weighted by atomic mass is 10.00. The Balaban J connectivity index is 1.25. The third-order valence-electron chi connectivity index (χ3n) is 6.77. The Bertz CT molecular complexity index is 1150. The van der Waals surface area contributed by atoms with E-state index in [2.05, 4.69) is 39.5 Å². The molecule has 1 unspecified atom stereocenters. The molecule has 1 fully saturated rings. The molecule has 1 atom stereocenters. The number of hydrogen-bond donors (Lipinski definition) is 1. The zero-order valence-corrected chi connectivity index (χ0v) is 19.3. The smallest absolute Gasteiger partial charge is 0.247 e. The van der Waals surface area contributed by atoms with Gasteiger partial charge in [-0.25, -0.2) is 4.98 Å². The summed E-state index contributed by atoms with van der Waals surface area (Å²) in [7, 11) is 0. The van der Waals surface area contributed by atoms with Gasteiger partial charge in [-0.3, -0.25) is 9.59 Å². The normalized spacial score (nSPS) is 16.6. The third kappa shape index (κ3) is 4.81. The highest BCUT2D eigenvalue weighted by atomic mass is 16.2. The quantitative estimate of drug-likeness (QED) is 0.611. The summed E-state index contributed by atoms with van der Waals surface area (Å²) in [5.41, 5.74) is 4.55. The number of pyridine rings is 1. The van der Waals surface area contributed by atoms with Crippen LogP contribution in [0.1, 0.15) is 47.6 Å². The number of anilines is 1. The molecule has 2 amide bonds. The molecule has 34 heavy (non-hydrogen) atoms. The van der Waals surface area contributed by atoms with Gasteiger partial charge in [0.2, 0.25) is 11.8 Å². The maximum absolute atomic E-state index is 13.3. The van der Waals surface area contributed by atoms with E-state index in [1.807, 2.05) is 48.7 Å². The number of carbonyl (C=O) groups is 2. The van der Waals surface area contributed by atoms with Crippen LogP contribution in [-0.2, 0) is 29.1 Å². The minimum atomic E-state index is -0.602. The minimum Gasteiger partial charge on any atom is -0.352 e. The van der Waals surface area contributed by atoms with E-state index in [1.54, 1.807) is 4.90 Å². The SMILES string of the molecule is O=C(NCc1ccc(N2CCc3ccccc3C2)nc1)C(c1ccccc1)N1CCCCC1=O. The Morgan fingerprint density at radius 2 is 1.71 bits per heavy atom. The van der Waals surface area contributed by atoms with Crippen LogP contribution < -0.4 is 10.2 Å². The molecule has 174 valence electrons. The third-order valence-corrected chi connectivity index (χ3v) is 6.77. The molecule has 0 radical (unpaired) electrons. The van der Waals surface area contributed by atoms with Crippen LogP contribution in [0.3, 0.4) is 0 Å². The molecule has 0 aliphatic carbocycles. The Hall–Kier alpha value is -3.67. The van der Waals surface area contributed by atoms with Gasteiger partial charge in [0.1, 0.15) is 11.9 Å². The number of rotatable bonds is 6. The van der Waals surface area contributed by atoms with Crippen molar-refractivity contribution in [3.05, 3.63) is 95.2 Å². The van der Waals surface area contributed by atoms with Gasteiger partial charge < -0.3 is 15.1 Å². The molecule has 0 bridgehead atoms. The molecule has 1 aromatic heterocycles. The Kier molecular flexibility index (Phi) is 6.56.